The van der Waals surface area contributed by atoms with Crippen LogP contribution in [0, 0.1) is 17.8 Å². The maximum atomic E-state index is 12.1. The second-order valence-electron chi connectivity index (χ2n) is 7.54. The van der Waals surface area contributed by atoms with E-state index in [-0.39, 0.29) is 29.7 Å². The molecule has 1 amide bonds. The zero-order valence-corrected chi connectivity index (χ0v) is 16.5. The number of carbonyl (C=O) groups is 1. The molecule has 0 spiro atoms. The molecule has 5 rings (SSSR count). The number of carbonyl (C=O) groups excluding carboxylic acids is 1. The van der Waals surface area contributed by atoms with Gasteiger partial charge in [-0.15, -0.1) is 0 Å². The average molecular weight is 410 g/mol. The Hall–Kier alpha value is -3.06. The number of ether oxygens (including phenoxy) is 1. The Balaban J connectivity index is 1.53. The van der Waals surface area contributed by atoms with Crippen molar-refractivity contribution >= 4 is 34.4 Å². The van der Waals surface area contributed by atoms with Crippen LogP contribution < -0.4 is 15.8 Å². The van der Waals surface area contributed by atoms with E-state index in [9.17, 15) is 4.79 Å². The van der Waals surface area contributed by atoms with E-state index in [0.29, 0.717) is 27.7 Å². The number of anilines is 1. The molecule has 0 radical (unpaired) electrons. The molecule has 8 heteroatoms. The highest BCUT2D eigenvalue weighted by atomic mass is 35.5. The van der Waals surface area contributed by atoms with Crippen LogP contribution in [0.1, 0.15) is 6.42 Å². The maximum Gasteiger partial charge on any atom is 0.223 e. The minimum absolute atomic E-state index is 0.0988. The van der Waals surface area contributed by atoms with E-state index in [1.807, 2.05) is 24.3 Å². The standard InChI is InChI=1S/C21H20ClN5O2/c1-29-13-6-4-10(5-7-13)20-26-18-17(14(22)9-24-21(18)27-20)25-16-12-3-2-11(8-12)15(16)19(23)28/h2-7,9,11-12,15-16H,8H2,1H3,(H2,23,28)(H2,24,25,26,27)/t11-,12+,15+,16-/m1/s1. The summed E-state index contributed by atoms with van der Waals surface area (Å²) in [6.07, 6.45) is 6.76. The number of nitrogens with one attached hydrogen (secondary N) is 2. The summed E-state index contributed by atoms with van der Waals surface area (Å²) in [7, 11) is 1.63. The van der Waals surface area contributed by atoms with Crippen molar-refractivity contribution in [2.45, 2.75) is 12.5 Å². The molecule has 2 bridgehead atoms. The molecule has 1 saturated carbocycles. The van der Waals surface area contributed by atoms with Gasteiger partial charge in [0.15, 0.2) is 5.65 Å². The van der Waals surface area contributed by atoms with E-state index >= 15 is 0 Å². The first kappa shape index (κ1) is 18.0. The second kappa shape index (κ2) is 6.77. The van der Waals surface area contributed by atoms with Crippen LogP contribution in [0.3, 0.4) is 0 Å². The first-order valence-electron chi connectivity index (χ1n) is 9.48. The number of amides is 1. The third kappa shape index (κ3) is 2.93. The predicted octanol–water partition coefficient (Wildman–Crippen LogP) is 3.37. The molecule has 2 aromatic heterocycles. The van der Waals surface area contributed by atoms with E-state index in [2.05, 4.69) is 32.4 Å². The van der Waals surface area contributed by atoms with Crippen LogP contribution in [0.15, 0.2) is 42.6 Å². The first-order valence-corrected chi connectivity index (χ1v) is 9.86. The fraction of sp³-hybridized carbons (Fsp3) is 0.286. The van der Waals surface area contributed by atoms with Crippen LogP contribution in [0.4, 0.5) is 5.69 Å². The Morgan fingerprint density at radius 1 is 1.28 bits per heavy atom. The molecule has 2 heterocycles. The molecule has 29 heavy (non-hydrogen) atoms. The van der Waals surface area contributed by atoms with Crippen LogP contribution in [-0.4, -0.2) is 34.0 Å². The lowest BCUT2D eigenvalue weighted by Crippen LogP contribution is -2.41. The van der Waals surface area contributed by atoms with Crippen molar-refractivity contribution in [3.63, 3.8) is 0 Å². The van der Waals surface area contributed by atoms with E-state index in [1.54, 1.807) is 13.3 Å². The number of fused-ring (bicyclic) bond motifs is 3. The highest BCUT2D eigenvalue weighted by Crippen LogP contribution is 2.46. The number of primary amides is 1. The zero-order chi connectivity index (χ0) is 20.1. The number of nitrogens with two attached hydrogens (primary N) is 1. The quantitative estimate of drug-likeness (QED) is 0.560. The Kier molecular flexibility index (Phi) is 4.20. The number of halogens is 1. The number of methoxy groups -OCH3 is 1. The summed E-state index contributed by atoms with van der Waals surface area (Å²) in [5.74, 6) is 1.34. The molecule has 7 nitrogen and oxygen atoms in total. The number of aromatic amines is 1. The van der Waals surface area contributed by atoms with Crippen molar-refractivity contribution in [3.8, 4) is 17.1 Å². The molecule has 0 aliphatic heterocycles. The Morgan fingerprint density at radius 2 is 2.03 bits per heavy atom. The molecule has 4 N–H and O–H groups in total. The third-order valence-corrected chi connectivity index (χ3v) is 6.22. The average Bonchev–Trinajstić information content (AvgIpc) is 3.44. The van der Waals surface area contributed by atoms with E-state index in [1.165, 1.54) is 0 Å². The lowest BCUT2D eigenvalue weighted by atomic mass is 9.88. The number of hydrogen-bond acceptors (Lipinski definition) is 5. The summed E-state index contributed by atoms with van der Waals surface area (Å²) < 4.78 is 5.21. The van der Waals surface area contributed by atoms with Gasteiger partial charge in [-0.2, -0.15) is 0 Å². The van der Waals surface area contributed by atoms with Crippen LogP contribution in [0.5, 0.6) is 5.75 Å². The first-order chi connectivity index (χ1) is 14.0. The van der Waals surface area contributed by atoms with Gasteiger partial charge in [-0.1, -0.05) is 23.8 Å². The Labute approximate surface area is 172 Å². The van der Waals surface area contributed by atoms with Crippen LogP contribution in [0.25, 0.3) is 22.6 Å². The number of aromatic nitrogens is 3. The van der Waals surface area contributed by atoms with Gasteiger partial charge in [0.25, 0.3) is 0 Å². The highest BCUT2D eigenvalue weighted by molar-refractivity contribution is 6.34. The van der Waals surface area contributed by atoms with Crippen molar-refractivity contribution in [3.05, 3.63) is 47.6 Å². The summed E-state index contributed by atoms with van der Waals surface area (Å²) >= 11 is 6.48. The molecule has 0 saturated heterocycles. The van der Waals surface area contributed by atoms with Gasteiger partial charge in [-0.25, -0.2) is 9.97 Å². The van der Waals surface area contributed by atoms with E-state index in [0.717, 1.165) is 17.7 Å². The number of allylic oxidation sites excluding steroid dienone is 1. The molecular weight excluding hydrogens is 390 g/mol. The normalized spacial score (nSPS) is 24.9. The van der Waals surface area contributed by atoms with Crippen molar-refractivity contribution in [2.24, 2.45) is 23.5 Å². The van der Waals surface area contributed by atoms with Gasteiger partial charge in [0.2, 0.25) is 5.91 Å². The van der Waals surface area contributed by atoms with Gasteiger partial charge >= 0.3 is 0 Å². The van der Waals surface area contributed by atoms with Gasteiger partial charge in [0, 0.05) is 11.6 Å². The molecule has 148 valence electrons. The fourth-order valence-electron chi connectivity index (χ4n) is 4.53. The molecule has 0 unspecified atom stereocenters. The summed E-state index contributed by atoms with van der Waals surface area (Å²) in [6, 6.07) is 7.50. The van der Waals surface area contributed by atoms with Crippen LogP contribution in [0.2, 0.25) is 5.02 Å². The summed E-state index contributed by atoms with van der Waals surface area (Å²) in [4.78, 5) is 24.3. The maximum absolute atomic E-state index is 12.1. The highest BCUT2D eigenvalue weighted by Gasteiger charge is 2.47. The van der Waals surface area contributed by atoms with Crippen molar-refractivity contribution in [1.29, 1.82) is 0 Å². The van der Waals surface area contributed by atoms with Crippen LogP contribution >= 0.6 is 11.6 Å². The van der Waals surface area contributed by atoms with Gasteiger partial charge in [0.1, 0.15) is 17.1 Å². The largest absolute Gasteiger partial charge is 0.497 e. The van der Waals surface area contributed by atoms with Crippen molar-refractivity contribution < 1.29 is 9.53 Å². The molecular formula is C21H20ClN5O2. The number of H-pyrrole nitrogens is 1. The summed E-state index contributed by atoms with van der Waals surface area (Å²) in [5, 5.41) is 3.95. The summed E-state index contributed by atoms with van der Waals surface area (Å²) in [5.41, 5.74) is 8.56. The van der Waals surface area contributed by atoms with Gasteiger partial charge in [0.05, 0.1) is 29.9 Å². The lowest BCUT2D eigenvalue weighted by molar-refractivity contribution is -0.122. The number of nitrogens with zero attached hydrogens (tertiary/aromatic N) is 2. The molecule has 2 aliphatic carbocycles. The van der Waals surface area contributed by atoms with Gasteiger partial charge in [-0.05, 0) is 42.5 Å². The van der Waals surface area contributed by atoms with Gasteiger partial charge < -0.3 is 20.8 Å². The molecule has 3 aromatic rings. The summed E-state index contributed by atoms with van der Waals surface area (Å²) in [6.45, 7) is 0. The number of pyridine rings is 1. The van der Waals surface area contributed by atoms with Gasteiger partial charge in [-0.3, -0.25) is 4.79 Å². The van der Waals surface area contributed by atoms with Crippen molar-refractivity contribution in [1.82, 2.24) is 15.0 Å². The topological polar surface area (TPSA) is 106 Å². The third-order valence-electron chi connectivity index (χ3n) is 5.94. The SMILES string of the molecule is COc1ccc(-c2nc3ncc(Cl)c(N[C@H]4[C@@H](C(N)=O)[C@@H]5C=C[C@H]4C5)c3[nH]2)cc1. The fourth-order valence-corrected chi connectivity index (χ4v) is 4.73. The van der Waals surface area contributed by atoms with E-state index in [4.69, 9.17) is 22.1 Å². The minimum atomic E-state index is -0.288. The number of imidazole rings is 1. The second-order valence-corrected chi connectivity index (χ2v) is 7.95. The van der Waals surface area contributed by atoms with Crippen molar-refractivity contribution in [2.75, 3.05) is 12.4 Å². The minimum Gasteiger partial charge on any atom is -0.497 e. The zero-order valence-electron chi connectivity index (χ0n) is 15.7. The number of rotatable bonds is 5. The van der Waals surface area contributed by atoms with Crippen LogP contribution in [-0.2, 0) is 4.79 Å². The number of benzene rings is 1. The molecule has 4 atom stereocenters. The van der Waals surface area contributed by atoms with E-state index < -0.39 is 0 Å². The molecule has 1 aromatic carbocycles. The predicted molar refractivity (Wildman–Crippen MR) is 112 cm³/mol. The smallest absolute Gasteiger partial charge is 0.223 e. The molecule has 1 fully saturated rings. The Bertz CT molecular complexity index is 1120. The number of hydrogen-bond donors (Lipinski definition) is 3. The Morgan fingerprint density at radius 3 is 2.76 bits per heavy atom. The lowest BCUT2D eigenvalue weighted by Gasteiger charge is -2.28. The monoisotopic (exact) mass is 409 g/mol. The molecule has 2 aliphatic rings.